The van der Waals surface area contributed by atoms with E-state index in [9.17, 15) is 9.59 Å². The van der Waals surface area contributed by atoms with Crippen molar-refractivity contribution < 1.29 is 9.59 Å². The van der Waals surface area contributed by atoms with Crippen molar-refractivity contribution in [2.24, 2.45) is 0 Å². The molecule has 2 aromatic rings. The lowest BCUT2D eigenvalue weighted by molar-refractivity contribution is -0.120. The Kier molecular flexibility index (Phi) is 5.43. The molecule has 156 valence electrons. The fourth-order valence-corrected chi connectivity index (χ4v) is 4.21. The molecule has 0 atom stereocenters. The molecule has 2 aliphatic heterocycles. The van der Waals surface area contributed by atoms with Gasteiger partial charge in [0.05, 0.1) is 11.3 Å². The summed E-state index contributed by atoms with van der Waals surface area (Å²) in [6.07, 6.45) is 0. The van der Waals surface area contributed by atoms with E-state index in [0.717, 1.165) is 35.3 Å². The molecule has 0 radical (unpaired) electrons. The van der Waals surface area contributed by atoms with E-state index in [4.69, 9.17) is 11.6 Å². The Bertz CT molecular complexity index is 1070. The summed E-state index contributed by atoms with van der Waals surface area (Å²) in [5.41, 5.74) is 5.38. The van der Waals surface area contributed by atoms with Gasteiger partial charge < -0.3 is 9.80 Å². The van der Waals surface area contributed by atoms with E-state index < -0.39 is 0 Å². The topological polar surface area (TPSA) is 43.9 Å². The van der Waals surface area contributed by atoms with E-state index in [1.54, 1.807) is 12.1 Å². The van der Waals surface area contributed by atoms with Gasteiger partial charge >= 0.3 is 0 Å². The average Bonchev–Trinajstić information content (AvgIpc) is 2.97. The Morgan fingerprint density at radius 2 is 1.47 bits per heavy atom. The number of rotatable bonds is 3. The molecule has 6 heteroatoms. The van der Waals surface area contributed by atoms with E-state index in [1.165, 1.54) is 4.90 Å². The van der Waals surface area contributed by atoms with Crippen LogP contribution >= 0.6 is 11.6 Å². The van der Waals surface area contributed by atoms with Gasteiger partial charge in [-0.3, -0.25) is 9.59 Å². The predicted octanol–water partition coefficient (Wildman–Crippen LogP) is 3.80. The fraction of sp³-hybridized carbons (Fsp3) is 0.333. The molecular formula is C24H26ClN3O2. The lowest BCUT2D eigenvalue weighted by Crippen LogP contribution is -2.46. The number of nitrogens with zero attached hydrogens (tertiary/aromatic N) is 3. The first-order valence-corrected chi connectivity index (χ1v) is 10.6. The highest BCUT2D eigenvalue weighted by molar-refractivity contribution is 6.45. The summed E-state index contributed by atoms with van der Waals surface area (Å²) in [5, 5.41) is 0.497. The third kappa shape index (κ3) is 3.53. The minimum absolute atomic E-state index is 0.275. The first-order chi connectivity index (χ1) is 14.3. The second-order valence-electron chi connectivity index (χ2n) is 8.19. The maximum Gasteiger partial charge on any atom is 0.282 e. The normalized spacial score (nSPS) is 18.0. The Balaban J connectivity index is 1.86. The molecule has 30 heavy (non-hydrogen) atoms. The Hall–Kier alpha value is -2.63. The summed E-state index contributed by atoms with van der Waals surface area (Å²) in [7, 11) is 2.07. The molecule has 2 aromatic carbocycles. The van der Waals surface area contributed by atoms with Gasteiger partial charge in [-0.1, -0.05) is 35.9 Å². The lowest BCUT2D eigenvalue weighted by atomic mass is 9.99. The van der Waals surface area contributed by atoms with Crippen LogP contribution in [0, 0.1) is 20.8 Å². The van der Waals surface area contributed by atoms with Crippen LogP contribution in [0.4, 0.5) is 5.69 Å². The number of anilines is 1. The molecule has 0 saturated carbocycles. The number of halogens is 1. The molecule has 0 bridgehead atoms. The number of hydrogen-bond donors (Lipinski definition) is 0. The van der Waals surface area contributed by atoms with Crippen molar-refractivity contribution in [2.75, 3.05) is 38.1 Å². The molecule has 4 rings (SSSR count). The van der Waals surface area contributed by atoms with Crippen LogP contribution in [0.25, 0.3) is 5.57 Å². The third-order valence-electron chi connectivity index (χ3n) is 6.09. The standard InChI is InChI=1S/C24H26ClN3O2/c1-15-5-7-18(13-17(15)3)21-22(27-11-9-26(4)10-12-27)24(30)28(23(21)29)20-14-19(25)8-6-16(20)2/h5-8,13-14H,9-12H2,1-4H3. The van der Waals surface area contributed by atoms with Crippen molar-refractivity contribution in [2.45, 2.75) is 20.8 Å². The van der Waals surface area contributed by atoms with Gasteiger partial charge in [-0.15, -0.1) is 0 Å². The summed E-state index contributed by atoms with van der Waals surface area (Å²) in [6, 6.07) is 11.2. The molecule has 1 saturated heterocycles. The average molecular weight is 424 g/mol. The summed E-state index contributed by atoms with van der Waals surface area (Å²) in [5.74, 6) is -0.564. The molecule has 0 aromatic heterocycles. The van der Waals surface area contributed by atoms with Crippen LogP contribution in [0.3, 0.4) is 0 Å². The molecule has 0 N–H and O–H groups in total. The van der Waals surface area contributed by atoms with Crippen LogP contribution in [-0.4, -0.2) is 54.8 Å². The number of likely N-dealkylation sites (N-methyl/N-ethyl adjacent to an activating group) is 1. The molecule has 2 heterocycles. The van der Waals surface area contributed by atoms with Crippen molar-refractivity contribution >= 4 is 34.7 Å². The number of carbonyl (C=O) groups excluding carboxylic acids is 2. The number of hydrogen-bond acceptors (Lipinski definition) is 4. The quantitative estimate of drug-likeness (QED) is 0.704. The maximum absolute atomic E-state index is 13.7. The molecule has 0 unspecified atom stereocenters. The van der Waals surface area contributed by atoms with Gasteiger partial charge in [0.15, 0.2) is 0 Å². The van der Waals surface area contributed by atoms with Crippen molar-refractivity contribution in [3.05, 3.63) is 69.4 Å². The van der Waals surface area contributed by atoms with E-state index in [2.05, 4.69) is 16.8 Å². The van der Waals surface area contributed by atoms with Crippen molar-refractivity contribution in [1.29, 1.82) is 0 Å². The third-order valence-corrected chi connectivity index (χ3v) is 6.32. The van der Waals surface area contributed by atoms with Crippen LogP contribution in [0.5, 0.6) is 0 Å². The molecule has 2 amide bonds. The minimum Gasteiger partial charge on any atom is -0.364 e. The maximum atomic E-state index is 13.7. The van der Waals surface area contributed by atoms with Gasteiger partial charge in [0.1, 0.15) is 5.70 Å². The Morgan fingerprint density at radius 1 is 0.800 bits per heavy atom. The van der Waals surface area contributed by atoms with Gasteiger partial charge in [0.2, 0.25) is 0 Å². The highest BCUT2D eigenvalue weighted by Gasteiger charge is 2.43. The zero-order valence-electron chi connectivity index (χ0n) is 17.8. The van der Waals surface area contributed by atoms with Gasteiger partial charge in [-0.05, 0) is 62.2 Å². The van der Waals surface area contributed by atoms with Gasteiger partial charge in [0, 0.05) is 31.2 Å². The first kappa shape index (κ1) is 20.6. The summed E-state index contributed by atoms with van der Waals surface area (Å²) in [6.45, 7) is 9.06. The van der Waals surface area contributed by atoms with E-state index >= 15 is 0 Å². The number of imide groups is 1. The van der Waals surface area contributed by atoms with Crippen LogP contribution in [-0.2, 0) is 9.59 Å². The lowest BCUT2D eigenvalue weighted by Gasteiger charge is -2.34. The smallest absolute Gasteiger partial charge is 0.282 e. The number of amides is 2. The van der Waals surface area contributed by atoms with Crippen LogP contribution in [0.15, 0.2) is 42.1 Å². The molecule has 0 spiro atoms. The molecule has 2 aliphatic rings. The fourth-order valence-electron chi connectivity index (χ4n) is 4.04. The largest absolute Gasteiger partial charge is 0.364 e. The van der Waals surface area contributed by atoms with Crippen molar-refractivity contribution in [3.8, 4) is 0 Å². The second kappa shape index (κ2) is 7.89. The van der Waals surface area contributed by atoms with Gasteiger partial charge in [-0.2, -0.15) is 0 Å². The van der Waals surface area contributed by atoms with E-state index in [-0.39, 0.29) is 11.8 Å². The zero-order chi connectivity index (χ0) is 21.6. The van der Waals surface area contributed by atoms with E-state index in [0.29, 0.717) is 35.1 Å². The monoisotopic (exact) mass is 423 g/mol. The van der Waals surface area contributed by atoms with Crippen LogP contribution in [0.2, 0.25) is 5.02 Å². The van der Waals surface area contributed by atoms with Gasteiger partial charge in [0.25, 0.3) is 11.8 Å². The number of carbonyl (C=O) groups is 2. The van der Waals surface area contributed by atoms with Gasteiger partial charge in [-0.25, -0.2) is 4.90 Å². The predicted molar refractivity (Wildman–Crippen MR) is 121 cm³/mol. The van der Waals surface area contributed by atoms with Crippen molar-refractivity contribution in [3.63, 3.8) is 0 Å². The minimum atomic E-state index is -0.289. The second-order valence-corrected chi connectivity index (χ2v) is 8.63. The number of benzene rings is 2. The highest BCUT2D eigenvalue weighted by atomic mass is 35.5. The summed E-state index contributed by atoms with van der Waals surface area (Å²) in [4.78, 5) is 32.9. The summed E-state index contributed by atoms with van der Waals surface area (Å²) >= 11 is 6.20. The van der Waals surface area contributed by atoms with Crippen LogP contribution in [0.1, 0.15) is 22.3 Å². The Morgan fingerprint density at radius 3 is 2.13 bits per heavy atom. The summed E-state index contributed by atoms with van der Waals surface area (Å²) < 4.78 is 0. The molecule has 5 nitrogen and oxygen atoms in total. The molecule has 0 aliphatic carbocycles. The first-order valence-electron chi connectivity index (χ1n) is 10.2. The highest BCUT2D eigenvalue weighted by Crippen LogP contribution is 2.37. The number of aryl methyl sites for hydroxylation is 3. The van der Waals surface area contributed by atoms with Crippen molar-refractivity contribution in [1.82, 2.24) is 9.80 Å². The van der Waals surface area contributed by atoms with E-state index in [1.807, 2.05) is 45.0 Å². The molecule has 1 fully saturated rings. The number of piperazine rings is 1. The zero-order valence-corrected chi connectivity index (χ0v) is 18.6. The molecular weight excluding hydrogens is 398 g/mol. The SMILES string of the molecule is Cc1ccc(C2=C(N3CCN(C)CC3)C(=O)N(c3cc(Cl)ccc3C)C2=O)cc1C. The Labute approximate surface area is 182 Å². The van der Waals surface area contributed by atoms with Crippen LogP contribution < -0.4 is 4.90 Å².